The molecule has 1 rings (SSSR count). The van der Waals surface area contributed by atoms with Crippen LogP contribution in [0.25, 0.3) is 0 Å². The van der Waals surface area contributed by atoms with Crippen molar-refractivity contribution >= 4 is 27.8 Å². The molecule has 0 spiro atoms. The fourth-order valence-corrected chi connectivity index (χ4v) is 4.34. The molecule has 0 aliphatic rings. The third kappa shape index (κ3) is 9.90. The number of Topliss-reactive ketones (excluding diaryl/α,β-unsaturated/α-hetero) is 1. The van der Waals surface area contributed by atoms with E-state index in [9.17, 15) is 22.8 Å². The van der Waals surface area contributed by atoms with Gasteiger partial charge in [-0.25, -0.2) is 4.79 Å². The highest BCUT2D eigenvalue weighted by atomic mass is 32.2. The van der Waals surface area contributed by atoms with E-state index in [0.29, 0.717) is 17.7 Å². The number of rotatable bonds is 13. The van der Waals surface area contributed by atoms with Crippen LogP contribution in [0.5, 0.6) is 5.75 Å². The molecule has 1 atom stereocenters. The Morgan fingerprint density at radius 1 is 1.15 bits per heavy atom. The van der Waals surface area contributed by atoms with E-state index < -0.39 is 33.3 Å². The minimum absolute atomic E-state index is 0.0493. The zero-order chi connectivity index (χ0) is 26.3. The topological polar surface area (TPSA) is 153 Å². The zero-order valence-electron chi connectivity index (χ0n) is 20.9. The first-order valence-corrected chi connectivity index (χ1v) is 13.0. The SMILES string of the molecule is Cc1cc(C)c(C(C)(C)CC(=O)NCC(=O)CCCCS(=O)(=O)O)c(OC(=O)[C@@H](N)C(C)C)c1. The number of nitrogens with one attached hydrogen (secondary N) is 1. The largest absolute Gasteiger partial charge is 0.425 e. The lowest BCUT2D eigenvalue weighted by atomic mass is 9.78. The molecule has 34 heavy (non-hydrogen) atoms. The van der Waals surface area contributed by atoms with Gasteiger partial charge in [-0.1, -0.05) is 33.8 Å². The van der Waals surface area contributed by atoms with E-state index in [1.165, 1.54) is 0 Å². The summed E-state index contributed by atoms with van der Waals surface area (Å²) < 4.78 is 35.8. The number of nitrogens with two attached hydrogens (primary N) is 1. The van der Waals surface area contributed by atoms with E-state index in [4.69, 9.17) is 15.0 Å². The van der Waals surface area contributed by atoms with E-state index in [1.54, 1.807) is 6.07 Å². The Balaban J connectivity index is 2.84. The van der Waals surface area contributed by atoms with Gasteiger partial charge in [0, 0.05) is 23.8 Å². The molecule has 192 valence electrons. The molecule has 0 saturated heterocycles. The smallest absolute Gasteiger partial charge is 0.328 e. The van der Waals surface area contributed by atoms with Crippen LogP contribution < -0.4 is 15.8 Å². The van der Waals surface area contributed by atoms with E-state index in [0.717, 1.165) is 11.1 Å². The lowest BCUT2D eigenvalue weighted by Crippen LogP contribution is -2.39. The van der Waals surface area contributed by atoms with Gasteiger partial charge in [0.05, 0.1) is 12.3 Å². The Morgan fingerprint density at radius 2 is 1.76 bits per heavy atom. The number of ketones is 1. The maximum Gasteiger partial charge on any atom is 0.328 e. The molecule has 0 radical (unpaired) electrons. The highest BCUT2D eigenvalue weighted by molar-refractivity contribution is 7.85. The van der Waals surface area contributed by atoms with Crippen LogP contribution in [0.3, 0.4) is 0 Å². The molecule has 10 heteroatoms. The van der Waals surface area contributed by atoms with Crippen molar-refractivity contribution in [2.75, 3.05) is 12.3 Å². The van der Waals surface area contributed by atoms with Gasteiger partial charge in [-0.3, -0.25) is 14.1 Å². The quantitative estimate of drug-likeness (QED) is 0.162. The summed E-state index contributed by atoms with van der Waals surface area (Å²) >= 11 is 0. The highest BCUT2D eigenvalue weighted by Crippen LogP contribution is 2.38. The number of hydrogen-bond donors (Lipinski definition) is 3. The summed E-state index contributed by atoms with van der Waals surface area (Å²) in [7, 11) is -4.04. The van der Waals surface area contributed by atoms with Crippen LogP contribution in [-0.2, 0) is 29.9 Å². The third-order valence-corrected chi connectivity index (χ3v) is 6.32. The number of amides is 1. The lowest BCUT2D eigenvalue weighted by molar-refractivity contribution is -0.136. The maximum atomic E-state index is 12.6. The Morgan fingerprint density at radius 3 is 2.32 bits per heavy atom. The van der Waals surface area contributed by atoms with Gasteiger partial charge in [0.15, 0.2) is 5.78 Å². The molecule has 1 aromatic rings. The minimum atomic E-state index is -4.04. The lowest BCUT2D eigenvalue weighted by Gasteiger charge is -2.29. The first-order valence-electron chi connectivity index (χ1n) is 11.4. The molecule has 0 heterocycles. The van der Waals surface area contributed by atoms with E-state index in [2.05, 4.69) is 5.32 Å². The predicted octanol–water partition coefficient (Wildman–Crippen LogP) is 2.60. The van der Waals surface area contributed by atoms with Gasteiger partial charge in [0.25, 0.3) is 10.1 Å². The molecule has 0 saturated carbocycles. The Kier molecular flexibility index (Phi) is 10.9. The number of unbranched alkanes of at least 4 members (excludes halogenated alkanes) is 1. The zero-order valence-corrected chi connectivity index (χ0v) is 21.8. The molecular weight excluding hydrogens is 460 g/mol. The van der Waals surface area contributed by atoms with Gasteiger partial charge in [0.2, 0.25) is 5.91 Å². The summed E-state index contributed by atoms with van der Waals surface area (Å²) in [4.78, 5) is 37.1. The Bertz CT molecular complexity index is 1000. The second-order valence-corrected chi connectivity index (χ2v) is 11.3. The van der Waals surface area contributed by atoms with Crippen LogP contribution in [0.2, 0.25) is 0 Å². The number of aryl methyl sites for hydroxylation is 2. The van der Waals surface area contributed by atoms with Gasteiger partial charge in [0.1, 0.15) is 11.8 Å². The van der Waals surface area contributed by atoms with Crippen LogP contribution in [-0.4, -0.2) is 49.0 Å². The molecule has 0 aliphatic carbocycles. The summed E-state index contributed by atoms with van der Waals surface area (Å²) in [6.07, 6.45) is 0.621. The van der Waals surface area contributed by atoms with Crippen LogP contribution in [0.15, 0.2) is 12.1 Å². The number of ether oxygens (including phenoxy) is 1. The molecule has 9 nitrogen and oxygen atoms in total. The molecule has 0 unspecified atom stereocenters. The van der Waals surface area contributed by atoms with Crippen molar-refractivity contribution in [3.63, 3.8) is 0 Å². The summed E-state index contributed by atoms with van der Waals surface area (Å²) in [6.45, 7) is 11.0. The van der Waals surface area contributed by atoms with E-state index in [-0.39, 0.29) is 43.4 Å². The van der Waals surface area contributed by atoms with Crippen LogP contribution >= 0.6 is 0 Å². The average Bonchev–Trinajstić information content (AvgIpc) is 2.67. The molecule has 0 aromatic heterocycles. The van der Waals surface area contributed by atoms with Crippen molar-refractivity contribution in [1.29, 1.82) is 0 Å². The third-order valence-electron chi connectivity index (χ3n) is 5.51. The van der Waals surface area contributed by atoms with Crippen molar-refractivity contribution < 1.29 is 32.1 Å². The fraction of sp³-hybridized carbons (Fsp3) is 0.625. The molecule has 1 aromatic carbocycles. The molecule has 0 aliphatic heterocycles. The molecular formula is C24H38N2O7S. The summed E-state index contributed by atoms with van der Waals surface area (Å²) in [5.74, 6) is -1.23. The molecule has 4 N–H and O–H groups in total. The number of carbonyl (C=O) groups excluding carboxylic acids is 3. The maximum absolute atomic E-state index is 12.6. The number of hydrogen-bond acceptors (Lipinski definition) is 7. The van der Waals surface area contributed by atoms with Crippen molar-refractivity contribution in [2.24, 2.45) is 11.7 Å². The first-order chi connectivity index (χ1) is 15.5. The fourth-order valence-electron chi connectivity index (χ4n) is 3.77. The number of esters is 1. The summed E-state index contributed by atoms with van der Waals surface area (Å²) in [6, 6.07) is 2.93. The molecule has 0 fully saturated rings. The normalized spacial score (nSPS) is 13.0. The predicted molar refractivity (Wildman–Crippen MR) is 130 cm³/mol. The van der Waals surface area contributed by atoms with Crippen LogP contribution in [0, 0.1) is 19.8 Å². The van der Waals surface area contributed by atoms with E-state index in [1.807, 2.05) is 47.6 Å². The van der Waals surface area contributed by atoms with Gasteiger partial charge in [-0.2, -0.15) is 8.42 Å². The van der Waals surface area contributed by atoms with E-state index >= 15 is 0 Å². The first kappa shape index (κ1) is 29.7. The number of benzene rings is 1. The minimum Gasteiger partial charge on any atom is -0.425 e. The van der Waals surface area contributed by atoms with Crippen molar-refractivity contribution in [1.82, 2.24) is 5.32 Å². The second kappa shape index (κ2) is 12.4. The average molecular weight is 499 g/mol. The molecule has 1 amide bonds. The van der Waals surface area contributed by atoms with Gasteiger partial charge < -0.3 is 15.8 Å². The van der Waals surface area contributed by atoms with Crippen LogP contribution in [0.4, 0.5) is 0 Å². The van der Waals surface area contributed by atoms with Crippen LogP contribution in [0.1, 0.15) is 70.1 Å². The van der Waals surface area contributed by atoms with Crippen molar-refractivity contribution in [3.05, 3.63) is 28.8 Å². The second-order valence-electron chi connectivity index (χ2n) is 9.77. The molecule has 0 bridgehead atoms. The summed E-state index contributed by atoms with van der Waals surface area (Å²) in [5, 5.41) is 2.61. The van der Waals surface area contributed by atoms with Crippen molar-refractivity contribution in [3.8, 4) is 5.75 Å². The van der Waals surface area contributed by atoms with Gasteiger partial charge in [-0.15, -0.1) is 0 Å². The Labute approximate surface area is 202 Å². The van der Waals surface area contributed by atoms with Gasteiger partial charge in [-0.05, 0) is 49.8 Å². The summed E-state index contributed by atoms with van der Waals surface area (Å²) in [5.41, 5.74) is 7.72. The number of carbonyl (C=O) groups is 3. The standard InChI is InChI=1S/C24H38N2O7S/c1-15(2)22(25)23(29)33-19-12-16(3)11-17(4)21(19)24(5,6)13-20(28)26-14-18(27)9-7-8-10-34(30,31)32/h11-12,15,22H,7-10,13-14,25H2,1-6H3,(H,26,28)(H,30,31,32)/t22-/m0/s1. The monoisotopic (exact) mass is 498 g/mol. The van der Waals surface area contributed by atoms with Crippen molar-refractivity contribution in [2.45, 2.75) is 78.7 Å². The highest BCUT2D eigenvalue weighted by Gasteiger charge is 2.31. The van der Waals surface area contributed by atoms with Gasteiger partial charge >= 0.3 is 5.97 Å². The Hall–Kier alpha value is -2.30.